The Morgan fingerprint density at radius 2 is 2.12 bits per heavy atom. The molecule has 2 N–H and O–H groups in total. The second kappa shape index (κ2) is 10.1. The van der Waals surface area contributed by atoms with Crippen LogP contribution in [0.25, 0.3) is 0 Å². The number of amides is 1. The minimum atomic E-state index is -0.0245. The van der Waals surface area contributed by atoms with Crippen LogP contribution in [0.1, 0.15) is 48.0 Å². The van der Waals surface area contributed by atoms with Gasteiger partial charge in [0.1, 0.15) is 11.6 Å². The van der Waals surface area contributed by atoms with E-state index in [1.165, 1.54) is 0 Å². The van der Waals surface area contributed by atoms with E-state index in [1.807, 2.05) is 29.2 Å². The van der Waals surface area contributed by atoms with E-state index in [0.29, 0.717) is 36.4 Å². The fourth-order valence-electron chi connectivity index (χ4n) is 5.19. The van der Waals surface area contributed by atoms with Gasteiger partial charge in [0.2, 0.25) is 5.95 Å². The van der Waals surface area contributed by atoms with E-state index >= 15 is 0 Å². The average Bonchev–Trinajstić information content (AvgIpc) is 3.51. The molecule has 8 heteroatoms. The summed E-state index contributed by atoms with van der Waals surface area (Å²) in [5.41, 5.74) is 1.77. The number of benzene rings is 1. The van der Waals surface area contributed by atoms with Crippen molar-refractivity contribution in [3.05, 3.63) is 41.6 Å². The van der Waals surface area contributed by atoms with Gasteiger partial charge in [0.15, 0.2) is 0 Å². The Hall–Kier alpha value is -2.71. The number of rotatable bonds is 7. The van der Waals surface area contributed by atoms with Crippen LogP contribution in [-0.4, -0.2) is 61.4 Å². The Labute approximate surface area is 195 Å². The summed E-state index contributed by atoms with van der Waals surface area (Å²) in [6.07, 6.45) is 8.04. The number of ether oxygens (including phenoxy) is 2. The molecule has 5 rings (SSSR count). The second-order valence-electron chi connectivity index (χ2n) is 9.22. The number of nitrogens with zero attached hydrogens (tertiary/aromatic N) is 3. The van der Waals surface area contributed by atoms with Crippen LogP contribution in [0.3, 0.4) is 0 Å². The lowest BCUT2D eigenvalue weighted by Crippen LogP contribution is -2.40. The number of hydrogen-bond acceptors (Lipinski definition) is 7. The minimum absolute atomic E-state index is 0.0245. The molecule has 1 aromatic heterocycles. The van der Waals surface area contributed by atoms with Crippen LogP contribution in [0.4, 0.5) is 11.8 Å². The summed E-state index contributed by atoms with van der Waals surface area (Å²) in [7, 11) is 1.75. The van der Waals surface area contributed by atoms with Gasteiger partial charge in [-0.2, -0.15) is 4.98 Å². The van der Waals surface area contributed by atoms with E-state index < -0.39 is 0 Å². The van der Waals surface area contributed by atoms with Crippen molar-refractivity contribution in [1.82, 2.24) is 15.3 Å². The van der Waals surface area contributed by atoms with Gasteiger partial charge in [-0.1, -0.05) is 0 Å². The first-order valence-electron chi connectivity index (χ1n) is 12.1. The van der Waals surface area contributed by atoms with Crippen LogP contribution in [-0.2, 0) is 11.2 Å². The number of piperidine rings is 1. The normalized spacial score (nSPS) is 22.6. The van der Waals surface area contributed by atoms with Gasteiger partial charge >= 0.3 is 0 Å². The molecule has 2 unspecified atom stereocenters. The number of carbonyl (C=O) groups is 1. The molecular weight excluding hydrogens is 418 g/mol. The van der Waals surface area contributed by atoms with E-state index in [0.717, 1.165) is 62.9 Å². The predicted octanol–water partition coefficient (Wildman–Crippen LogP) is 3.04. The van der Waals surface area contributed by atoms with Crippen molar-refractivity contribution >= 4 is 17.7 Å². The topological polar surface area (TPSA) is 88.6 Å². The molecule has 1 saturated heterocycles. The van der Waals surface area contributed by atoms with Crippen molar-refractivity contribution in [2.45, 2.75) is 50.7 Å². The van der Waals surface area contributed by atoms with Crippen molar-refractivity contribution in [3.63, 3.8) is 0 Å². The van der Waals surface area contributed by atoms with Gasteiger partial charge in [0.25, 0.3) is 5.91 Å². The summed E-state index contributed by atoms with van der Waals surface area (Å²) >= 11 is 0. The molecule has 2 fully saturated rings. The fraction of sp³-hybridized carbons (Fsp3) is 0.560. The molecule has 33 heavy (non-hydrogen) atoms. The molecule has 0 bridgehead atoms. The minimum Gasteiger partial charge on any atom is -0.493 e. The van der Waals surface area contributed by atoms with E-state index in [9.17, 15) is 4.79 Å². The third-order valence-electron chi connectivity index (χ3n) is 7.07. The number of methoxy groups -OCH3 is 1. The number of nitrogens with one attached hydrogen (secondary N) is 2. The number of fused-ring (bicyclic) bond motifs is 1. The Morgan fingerprint density at radius 1 is 1.24 bits per heavy atom. The quantitative estimate of drug-likeness (QED) is 0.669. The first kappa shape index (κ1) is 22.1. The largest absolute Gasteiger partial charge is 0.493 e. The maximum absolute atomic E-state index is 13.7. The van der Waals surface area contributed by atoms with Crippen LogP contribution in [0.5, 0.6) is 5.75 Å². The first-order valence-corrected chi connectivity index (χ1v) is 12.1. The lowest BCUT2D eigenvalue weighted by molar-refractivity contribution is 0.0979. The van der Waals surface area contributed by atoms with Crippen molar-refractivity contribution < 1.29 is 14.3 Å². The number of aromatic nitrogens is 2. The molecule has 0 spiro atoms. The molecule has 1 aliphatic carbocycles. The third-order valence-corrected chi connectivity index (χ3v) is 7.07. The second-order valence-corrected chi connectivity index (χ2v) is 9.22. The fourth-order valence-corrected chi connectivity index (χ4v) is 5.19. The standard InChI is InChI=1S/C25H33N5O3/c1-32-22-4-2-3-20(22)28-25-27-13-9-23(29-25)30(16-17-7-11-26-12-8-17)24(31)19-5-6-21-18(15-19)10-14-33-21/h5-6,9,13,15,17,20,22,26H,2-4,7-8,10-12,14,16H2,1H3,(H,27,28,29). The lowest BCUT2D eigenvalue weighted by Gasteiger charge is -2.30. The van der Waals surface area contributed by atoms with Gasteiger partial charge in [0.05, 0.1) is 18.8 Å². The molecule has 1 aromatic carbocycles. The molecule has 2 aliphatic heterocycles. The maximum Gasteiger partial charge on any atom is 0.259 e. The Balaban J connectivity index is 1.41. The number of carbonyl (C=O) groups excluding carboxylic acids is 1. The maximum atomic E-state index is 13.7. The molecule has 1 saturated carbocycles. The smallest absolute Gasteiger partial charge is 0.259 e. The summed E-state index contributed by atoms with van der Waals surface area (Å²) in [6, 6.07) is 7.78. The Bertz CT molecular complexity index is 978. The van der Waals surface area contributed by atoms with Crippen molar-refractivity contribution in [2.24, 2.45) is 5.92 Å². The van der Waals surface area contributed by atoms with Gasteiger partial charge in [-0.25, -0.2) is 4.98 Å². The van der Waals surface area contributed by atoms with E-state index in [4.69, 9.17) is 14.5 Å². The van der Waals surface area contributed by atoms with Gasteiger partial charge in [0, 0.05) is 31.8 Å². The first-order chi connectivity index (χ1) is 16.2. The van der Waals surface area contributed by atoms with E-state index in [-0.39, 0.29) is 18.1 Å². The Kier molecular flexibility index (Phi) is 6.73. The molecule has 2 atom stereocenters. The highest BCUT2D eigenvalue weighted by Crippen LogP contribution is 2.29. The predicted molar refractivity (Wildman–Crippen MR) is 127 cm³/mol. The molecule has 2 aromatic rings. The third kappa shape index (κ3) is 4.96. The summed E-state index contributed by atoms with van der Waals surface area (Å²) in [4.78, 5) is 24.8. The van der Waals surface area contributed by atoms with Crippen LogP contribution < -0.4 is 20.3 Å². The summed E-state index contributed by atoms with van der Waals surface area (Å²) in [5.74, 6) is 2.48. The highest BCUT2D eigenvalue weighted by Gasteiger charge is 2.29. The average molecular weight is 452 g/mol. The molecule has 0 radical (unpaired) electrons. The zero-order chi connectivity index (χ0) is 22.6. The van der Waals surface area contributed by atoms with E-state index in [2.05, 4.69) is 15.6 Å². The van der Waals surface area contributed by atoms with Crippen molar-refractivity contribution in [2.75, 3.05) is 43.6 Å². The van der Waals surface area contributed by atoms with Crippen molar-refractivity contribution in [1.29, 1.82) is 0 Å². The van der Waals surface area contributed by atoms with Gasteiger partial charge in [-0.15, -0.1) is 0 Å². The molecule has 3 heterocycles. The van der Waals surface area contributed by atoms with E-state index in [1.54, 1.807) is 13.3 Å². The van der Waals surface area contributed by atoms with Gasteiger partial charge < -0.3 is 20.1 Å². The highest BCUT2D eigenvalue weighted by atomic mass is 16.5. The van der Waals surface area contributed by atoms with Gasteiger partial charge in [-0.05, 0) is 80.9 Å². The SMILES string of the molecule is COC1CCCC1Nc1nccc(N(CC2CCNCC2)C(=O)c2ccc3c(c2)CCO3)n1. The van der Waals surface area contributed by atoms with Crippen LogP contribution in [0.15, 0.2) is 30.5 Å². The lowest BCUT2D eigenvalue weighted by atomic mass is 9.97. The zero-order valence-electron chi connectivity index (χ0n) is 19.3. The highest BCUT2D eigenvalue weighted by molar-refractivity contribution is 6.05. The molecule has 8 nitrogen and oxygen atoms in total. The Morgan fingerprint density at radius 3 is 2.97 bits per heavy atom. The summed E-state index contributed by atoms with van der Waals surface area (Å²) in [5, 5.41) is 6.85. The van der Waals surface area contributed by atoms with Crippen LogP contribution in [0, 0.1) is 5.92 Å². The van der Waals surface area contributed by atoms with Crippen molar-refractivity contribution in [3.8, 4) is 5.75 Å². The number of hydrogen-bond donors (Lipinski definition) is 2. The van der Waals surface area contributed by atoms with Gasteiger partial charge in [-0.3, -0.25) is 9.69 Å². The monoisotopic (exact) mass is 451 g/mol. The number of anilines is 2. The molecular formula is C25H33N5O3. The molecule has 3 aliphatic rings. The summed E-state index contributed by atoms with van der Waals surface area (Å²) in [6.45, 7) is 3.30. The zero-order valence-corrected chi connectivity index (χ0v) is 19.3. The van der Waals surface area contributed by atoms with Crippen LogP contribution in [0.2, 0.25) is 0 Å². The summed E-state index contributed by atoms with van der Waals surface area (Å²) < 4.78 is 11.2. The molecule has 1 amide bonds. The van der Waals surface area contributed by atoms with Crippen LogP contribution >= 0.6 is 0 Å². The molecule has 176 valence electrons.